The Bertz CT molecular complexity index is 562. The van der Waals surface area contributed by atoms with E-state index in [1.54, 1.807) is 31.4 Å². The Morgan fingerprint density at radius 3 is 2.30 bits per heavy atom. The number of benzene rings is 1. The van der Waals surface area contributed by atoms with Crippen LogP contribution in [0.15, 0.2) is 24.3 Å². The molecule has 0 saturated heterocycles. The largest absolute Gasteiger partial charge is 0.497 e. The molecule has 0 unspecified atom stereocenters. The molecule has 0 aliphatic heterocycles. The lowest BCUT2D eigenvalue weighted by atomic mass is 10.3. The Hall–Kier alpha value is -2.61. The van der Waals surface area contributed by atoms with E-state index in [2.05, 4.69) is 20.4 Å². The second-order valence-corrected chi connectivity index (χ2v) is 3.58. The minimum atomic E-state index is 0.0848. The number of hydrogen-bond acceptors (Lipinski definition) is 8. The molecule has 106 valence electrons. The lowest BCUT2D eigenvalue weighted by Crippen LogP contribution is -2.12. The zero-order valence-electron chi connectivity index (χ0n) is 11.2. The average molecular weight is 277 g/mol. The number of hydrazine groups is 1. The lowest BCUT2D eigenvalue weighted by Gasteiger charge is -2.08. The molecular weight excluding hydrogens is 262 g/mol. The molecule has 8 heteroatoms. The van der Waals surface area contributed by atoms with Gasteiger partial charge in [-0.2, -0.15) is 9.97 Å². The quantitative estimate of drug-likeness (QED) is 0.602. The molecule has 0 amide bonds. The molecule has 2 aromatic rings. The highest BCUT2D eigenvalue weighted by Crippen LogP contribution is 2.22. The number of anilines is 1. The molecular formula is C12H15N5O3. The maximum atomic E-state index is 5.51. The number of hydrogen-bond donors (Lipinski definition) is 2. The van der Waals surface area contributed by atoms with Crippen molar-refractivity contribution in [3.63, 3.8) is 0 Å². The molecule has 1 heterocycles. The summed E-state index contributed by atoms with van der Waals surface area (Å²) in [6.07, 6.45) is 0. The summed E-state index contributed by atoms with van der Waals surface area (Å²) in [5, 5.41) is 0. The van der Waals surface area contributed by atoms with Crippen LogP contribution in [0.4, 0.5) is 5.95 Å². The molecule has 0 saturated carbocycles. The monoisotopic (exact) mass is 277 g/mol. The maximum Gasteiger partial charge on any atom is 0.330 e. The minimum Gasteiger partial charge on any atom is -0.497 e. The van der Waals surface area contributed by atoms with Crippen LogP contribution >= 0.6 is 0 Å². The molecule has 1 aromatic heterocycles. The molecule has 0 aliphatic rings. The summed E-state index contributed by atoms with van der Waals surface area (Å²) in [5.74, 6) is 6.73. The van der Waals surface area contributed by atoms with Crippen molar-refractivity contribution in [2.45, 2.75) is 6.92 Å². The summed E-state index contributed by atoms with van der Waals surface area (Å²) in [6.45, 7) is 2.25. The zero-order chi connectivity index (χ0) is 14.4. The summed E-state index contributed by atoms with van der Waals surface area (Å²) in [4.78, 5) is 11.9. The smallest absolute Gasteiger partial charge is 0.330 e. The van der Waals surface area contributed by atoms with Crippen molar-refractivity contribution < 1.29 is 14.2 Å². The van der Waals surface area contributed by atoms with Crippen LogP contribution in [-0.2, 0) is 0 Å². The van der Waals surface area contributed by atoms with Crippen LogP contribution in [0.25, 0.3) is 0 Å². The number of nitrogens with one attached hydrogen (secondary N) is 1. The SMILES string of the molecule is CCOc1nc(NN)nc(Oc2ccc(OC)cc2)n1. The van der Waals surface area contributed by atoms with Gasteiger partial charge in [-0.25, -0.2) is 5.84 Å². The van der Waals surface area contributed by atoms with Crippen molar-refractivity contribution in [3.8, 4) is 23.5 Å². The summed E-state index contributed by atoms with van der Waals surface area (Å²) < 4.78 is 15.8. The Labute approximate surface area is 115 Å². The Morgan fingerprint density at radius 1 is 1.05 bits per heavy atom. The van der Waals surface area contributed by atoms with Crippen LogP contribution in [0.1, 0.15) is 6.92 Å². The van der Waals surface area contributed by atoms with Crippen LogP contribution in [-0.4, -0.2) is 28.7 Å². The fraction of sp³-hybridized carbons (Fsp3) is 0.250. The molecule has 0 spiro atoms. The van der Waals surface area contributed by atoms with Crippen LogP contribution in [0.5, 0.6) is 23.5 Å². The highest BCUT2D eigenvalue weighted by atomic mass is 16.5. The van der Waals surface area contributed by atoms with Crippen LogP contribution in [0.3, 0.4) is 0 Å². The Morgan fingerprint density at radius 2 is 1.70 bits per heavy atom. The third-order valence-electron chi connectivity index (χ3n) is 2.27. The van der Waals surface area contributed by atoms with E-state index < -0.39 is 0 Å². The van der Waals surface area contributed by atoms with Crippen molar-refractivity contribution in [1.82, 2.24) is 15.0 Å². The van der Waals surface area contributed by atoms with E-state index in [1.807, 2.05) is 6.92 Å². The molecule has 1 aromatic carbocycles. The summed E-state index contributed by atoms with van der Waals surface area (Å²) in [5.41, 5.74) is 2.33. The van der Waals surface area contributed by atoms with Crippen LogP contribution < -0.4 is 25.5 Å². The maximum absolute atomic E-state index is 5.51. The first-order valence-electron chi connectivity index (χ1n) is 5.92. The van der Waals surface area contributed by atoms with Crippen molar-refractivity contribution in [3.05, 3.63) is 24.3 Å². The fourth-order valence-corrected chi connectivity index (χ4v) is 1.39. The normalized spacial score (nSPS) is 9.95. The van der Waals surface area contributed by atoms with Gasteiger partial charge in [-0.05, 0) is 31.2 Å². The topological polar surface area (TPSA) is 104 Å². The predicted octanol–water partition coefficient (Wildman–Crippen LogP) is 1.36. The van der Waals surface area contributed by atoms with E-state index >= 15 is 0 Å². The van der Waals surface area contributed by atoms with Crippen molar-refractivity contribution in [2.75, 3.05) is 19.1 Å². The van der Waals surface area contributed by atoms with E-state index in [0.717, 1.165) is 5.75 Å². The Balaban J connectivity index is 2.20. The molecule has 20 heavy (non-hydrogen) atoms. The van der Waals surface area contributed by atoms with Gasteiger partial charge in [0.2, 0.25) is 5.95 Å². The number of rotatable bonds is 6. The van der Waals surface area contributed by atoms with E-state index in [1.165, 1.54) is 0 Å². The standard InChI is InChI=1S/C12H15N5O3/c1-3-19-11-14-10(17-13)15-12(16-11)20-9-6-4-8(18-2)5-7-9/h4-7H,3,13H2,1-2H3,(H,14,15,16,17). The molecule has 2 rings (SSSR count). The summed E-state index contributed by atoms with van der Waals surface area (Å²) in [6, 6.07) is 7.22. The number of nitrogen functional groups attached to an aromatic ring is 1. The van der Waals surface area contributed by atoms with Gasteiger partial charge in [-0.15, -0.1) is 4.98 Å². The molecule has 0 atom stereocenters. The molecule has 0 fully saturated rings. The van der Waals surface area contributed by atoms with Crippen molar-refractivity contribution in [2.24, 2.45) is 5.84 Å². The molecule has 0 aliphatic carbocycles. The zero-order valence-corrected chi connectivity index (χ0v) is 11.2. The highest BCUT2D eigenvalue weighted by molar-refractivity contribution is 5.33. The molecule has 0 bridgehead atoms. The third kappa shape index (κ3) is 3.45. The highest BCUT2D eigenvalue weighted by Gasteiger charge is 2.08. The van der Waals surface area contributed by atoms with Gasteiger partial charge in [-0.1, -0.05) is 0 Å². The second kappa shape index (κ2) is 6.53. The first-order valence-corrected chi connectivity index (χ1v) is 5.92. The van der Waals surface area contributed by atoms with Crippen LogP contribution in [0, 0.1) is 0 Å². The average Bonchev–Trinajstić information content (AvgIpc) is 2.48. The van der Waals surface area contributed by atoms with E-state index in [4.69, 9.17) is 20.1 Å². The first-order chi connectivity index (χ1) is 9.75. The van der Waals surface area contributed by atoms with Gasteiger partial charge in [0.15, 0.2) is 0 Å². The van der Waals surface area contributed by atoms with Crippen LogP contribution in [0.2, 0.25) is 0 Å². The minimum absolute atomic E-state index is 0.0848. The van der Waals surface area contributed by atoms with E-state index in [0.29, 0.717) is 12.4 Å². The first kappa shape index (κ1) is 13.8. The number of ether oxygens (including phenoxy) is 3. The summed E-state index contributed by atoms with van der Waals surface area (Å²) >= 11 is 0. The van der Waals surface area contributed by atoms with Gasteiger partial charge in [-0.3, -0.25) is 5.43 Å². The van der Waals surface area contributed by atoms with Gasteiger partial charge in [0.05, 0.1) is 13.7 Å². The number of nitrogens with two attached hydrogens (primary N) is 1. The Kier molecular flexibility index (Phi) is 4.51. The third-order valence-corrected chi connectivity index (χ3v) is 2.27. The van der Waals surface area contributed by atoms with E-state index in [-0.39, 0.29) is 18.0 Å². The van der Waals surface area contributed by atoms with E-state index in [9.17, 15) is 0 Å². The molecule has 8 nitrogen and oxygen atoms in total. The van der Waals surface area contributed by atoms with Gasteiger partial charge >= 0.3 is 12.0 Å². The number of nitrogens with zero attached hydrogens (tertiary/aromatic N) is 3. The van der Waals surface area contributed by atoms with Gasteiger partial charge < -0.3 is 14.2 Å². The predicted molar refractivity (Wildman–Crippen MR) is 71.9 cm³/mol. The lowest BCUT2D eigenvalue weighted by molar-refractivity contribution is 0.303. The summed E-state index contributed by atoms with van der Waals surface area (Å²) in [7, 11) is 1.59. The molecule has 0 radical (unpaired) electrons. The van der Waals surface area contributed by atoms with Crippen molar-refractivity contribution >= 4 is 5.95 Å². The molecule has 3 N–H and O–H groups in total. The van der Waals surface area contributed by atoms with Gasteiger partial charge in [0.1, 0.15) is 11.5 Å². The second-order valence-electron chi connectivity index (χ2n) is 3.58. The number of methoxy groups -OCH3 is 1. The van der Waals surface area contributed by atoms with Crippen molar-refractivity contribution in [1.29, 1.82) is 0 Å². The van der Waals surface area contributed by atoms with Gasteiger partial charge in [0, 0.05) is 0 Å². The van der Waals surface area contributed by atoms with Gasteiger partial charge in [0.25, 0.3) is 0 Å². The number of aromatic nitrogens is 3. The fourth-order valence-electron chi connectivity index (χ4n) is 1.39.